The summed E-state index contributed by atoms with van der Waals surface area (Å²) in [6.07, 6.45) is 5.33. The molecular weight excluding hydrogens is 252 g/mol. The van der Waals surface area contributed by atoms with Crippen LogP contribution in [-0.4, -0.2) is 12.4 Å². The SMILES string of the molecule is CCCCC(CC)(Sc1ccccc1)[Si](C)(C)C. The third-order valence-electron chi connectivity index (χ3n) is 3.93. The van der Waals surface area contributed by atoms with Gasteiger partial charge in [0.25, 0.3) is 0 Å². The van der Waals surface area contributed by atoms with E-state index in [9.17, 15) is 0 Å². The molecule has 1 aromatic carbocycles. The highest BCUT2D eigenvalue weighted by molar-refractivity contribution is 8.02. The highest BCUT2D eigenvalue weighted by Crippen LogP contribution is 2.46. The Bertz CT molecular complexity index is 342. The molecule has 0 spiro atoms. The van der Waals surface area contributed by atoms with Crippen molar-refractivity contribution in [3.8, 4) is 0 Å². The fourth-order valence-corrected chi connectivity index (χ4v) is 7.24. The Morgan fingerprint density at radius 3 is 2.11 bits per heavy atom. The van der Waals surface area contributed by atoms with Crippen LogP contribution in [0.15, 0.2) is 35.2 Å². The van der Waals surface area contributed by atoms with Gasteiger partial charge in [-0.2, -0.15) is 0 Å². The number of thioether (sulfide) groups is 1. The van der Waals surface area contributed by atoms with E-state index in [2.05, 4.69) is 75.6 Å². The van der Waals surface area contributed by atoms with Crippen LogP contribution in [0.1, 0.15) is 39.5 Å². The van der Waals surface area contributed by atoms with Crippen LogP contribution in [0, 0.1) is 0 Å². The molecule has 1 rings (SSSR count). The van der Waals surface area contributed by atoms with Crippen LogP contribution in [0.4, 0.5) is 0 Å². The summed E-state index contributed by atoms with van der Waals surface area (Å²) in [6, 6.07) is 11.0. The van der Waals surface area contributed by atoms with E-state index < -0.39 is 8.07 Å². The molecule has 0 N–H and O–H groups in total. The van der Waals surface area contributed by atoms with Crippen molar-refractivity contribution >= 4 is 19.8 Å². The van der Waals surface area contributed by atoms with Gasteiger partial charge in [0.1, 0.15) is 0 Å². The predicted octanol–water partition coefficient (Wildman–Crippen LogP) is 6.00. The standard InChI is InChI=1S/C16H28SSi/c1-6-8-14-16(7-2,18(3,4)5)17-15-12-10-9-11-13-15/h9-13H,6-8,14H2,1-5H3. The molecule has 0 saturated heterocycles. The zero-order valence-electron chi connectivity index (χ0n) is 12.6. The second kappa shape index (κ2) is 6.81. The van der Waals surface area contributed by atoms with E-state index in [0.29, 0.717) is 4.37 Å². The van der Waals surface area contributed by atoms with Crippen LogP contribution in [0.25, 0.3) is 0 Å². The lowest BCUT2D eigenvalue weighted by Crippen LogP contribution is -2.49. The van der Waals surface area contributed by atoms with E-state index in [4.69, 9.17) is 0 Å². The summed E-state index contributed by atoms with van der Waals surface area (Å²) in [4.78, 5) is 1.44. The average molecular weight is 281 g/mol. The van der Waals surface area contributed by atoms with Gasteiger partial charge in [0.2, 0.25) is 0 Å². The first-order valence-electron chi connectivity index (χ1n) is 7.19. The molecule has 0 radical (unpaired) electrons. The van der Waals surface area contributed by atoms with Crippen LogP contribution in [-0.2, 0) is 0 Å². The molecule has 1 aromatic rings. The minimum atomic E-state index is -1.19. The quantitative estimate of drug-likeness (QED) is 0.436. The van der Waals surface area contributed by atoms with Crippen LogP contribution >= 0.6 is 11.8 Å². The Kier molecular flexibility index (Phi) is 5.99. The highest BCUT2D eigenvalue weighted by atomic mass is 32.2. The second-order valence-electron chi connectivity index (χ2n) is 6.12. The van der Waals surface area contributed by atoms with Crippen molar-refractivity contribution in [1.82, 2.24) is 0 Å². The maximum atomic E-state index is 2.53. The minimum absolute atomic E-state index is 0.490. The van der Waals surface area contributed by atoms with Gasteiger partial charge in [0.05, 0.1) is 8.07 Å². The molecule has 0 amide bonds. The summed E-state index contributed by atoms with van der Waals surface area (Å²) < 4.78 is 0.490. The van der Waals surface area contributed by atoms with Gasteiger partial charge in [-0.3, -0.25) is 0 Å². The van der Waals surface area contributed by atoms with E-state index in [0.717, 1.165) is 0 Å². The van der Waals surface area contributed by atoms with Crippen LogP contribution in [0.2, 0.25) is 19.6 Å². The minimum Gasteiger partial charge on any atom is -0.123 e. The summed E-state index contributed by atoms with van der Waals surface area (Å²) in [7, 11) is -1.19. The van der Waals surface area contributed by atoms with Crippen LogP contribution in [0.3, 0.4) is 0 Å². The van der Waals surface area contributed by atoms with Crippen molar-refractivity contribution in [3.63, 3.8) is 0 Å². The van der Waals surface area contributed by atoms with Gasteiger partial charge >= 0.3 is 0 Å². The zero-order valence-corrected chi connectivity index (χ0v) is 14.4. The molecule has 2 heteroatoms. The number of benzene rings is 1. The molecule has 0 fully saturated rings. The van der Waals surface area contributed by atoms with Crippen molar-refractivity contribution in [2.24, 2.45) is 0 Å². The third-order valence-corrected chi connectivity index (χ3v) is 10.8. The molecule has 0 aliphatic rings. The number of unbranched alkanes of at least 4 members (excludes halogenated alkanes) is 1. The van der Waals surface area contributed by atoms with E-state index in [1.807, 2.05) is 0 Å². The molecular formula is C16H28SSi. The number of hydrogen-bond donors (Lipinski definition) is 0. The summed E-state index contributed by atoms with van der Waals surface area (Å²) in [6.45, 7) is 12.3. The Hall–Kier alpha value is -0.213. The molecule has 0 bridgehead atoms. The van der Waals surface area contributed by atoms with Crippen LogP contribution < -0.4 is 0 Å². The van der Waals surface area contributed by atoms with Gasteiger partial charge in [-0.15, -0.1) is 11.8 Å². The van der Waals surface area contributed by atoms with Gasteiger partial charge in [-0.05, 0) is 25.0 Å². The lowest BCUT2D eigenvalue weighted by Gasteiger charge is -2.43. The van der Waals surface area contributed by atoms with Gasteiger partial charge in [-0.25, -0.2) is 0 Å². The van der Waals surface area contributed by atoms with Gasteiger partial charge in [-0.1, -0.05) is 64.5 Å². The monoisotopic (exact) mass is 280 g/mol. The van der Waals surface area contributed by atoms with E-state index >= 15 is 0 Å². The summed E-state index contributed by atoms with van der Waals surface area (Å²) in [5, 5.41) is 0. The van der Waals surface area contributed by atoms with Crippen molar-refractivity contribution in [2.45, 2.75) is 68.4 Å². The molecule has 18 heavy (non-hydrogen) atoms. The first kappa shape index (κ1) is 15.8. The smallest absolute Gasteiger partial charge is 0.0630 e. The van der Waals surface area contributed by atoms with Crippen LogP contribution in [0.5, 0.6) is 0 Å². The molecule has 0 heterocycles. The topological polar surface area (TPSA) is 0 Å². The molecule has 0 aliphatic carbocycles. The largest absolute Gasteiger partial charge is 0.123 e. The van der Waals surface area contributed by atoms with Crippen molar-refractivity contribution in [2.75, 3.05) is 0 Å². The average Bonchev–Trinajstić information content (AvgIpc) is 2.34. The first-order chi connectivity index (χ1) is 8.45. The molecule has 0 aromatic heterocycles. The maximum absolute atomic E-state index is 2.53. The Balaban J connectivity index is 2.96. The highest BCUT2D eigenvalue weighted by Gasteiger charge is 2.42. The molecule has 0 nitrogen and oxygen atoms in total. The van der Waals surface area contributed by atoms with Crippen molar-refractivity contribution in [1.29, 1.82) is 0 Å². The summed E-state index contributed by atoms with van der Waals surface area (Å²) in [5.74, 6) is 0. The van der Waals surface area contributed by atoms with Gasteiger partial charge in [0.15, 0.2) is 0 Å². The third kappa shape index (κ3) is 3.89. The van der Waals surface area contributed by atoms with E-state index in [1.54, 1.807) is 0 Å². The Labute approximate surface area is 119 Å². The fourth-order valence-electron chi connectivity index (χ4n) is 2.53. The summed E-state index contributed by atoms with van der Waals surface area (Å²) in [5.41, 5.74) is 0. The normalized spacial score (nSPS) is 15.4. The van der Waals surface area contributed by atoms with E-state index in [1.165, 1.54) is 30.6 Å². The maximum Gasteiger partial charge on any atom is 0.0630 e. The van der Waals surface area contributed by atoms with Gasteiger partial charge in [0, 0.05) is 9.27 Å². The van der Waals surface area contributed by atoms with Crippen molar-refractivity contribution < 1.29 is 0 Å². The van der Waals surface area contributed by atoms with Crippen molar-refractivity contribution in [3.05, 3.63) is 30.3 Å². The first-order valence-corrected chi connectivity index (χ1v) is 11.5. The molecule has 102 valence electrons. The Morgan fingerprint density at radius 1 is 1.06 bits per heavy atom. The lowest BCUT2D eigenvalue weighted by atomic mass is 10.1. The van der Waals surface area contributed by atoms with Gasteiger partial charge < -0.3 is 0 Å². The Morgan fingerprint density at radius 2 is 1.67 bits per heavy atom. The van der Waals surface area contributed by atoms with E-state index in [-0.39, 0.29) is 0 Å². The predicted molar refractivity (Wildman–Crippen MR) is 88.2 cm³/mol. The molecule has 0 saturated carbocycles. The second-order valence-corrected chi connectivity index (χ2v) is 13.4. The number of hydrogen-bond acceptors (Lipinski definition) is 1. The summed E-state index contributed by atoms with van der Waals surface area (Å²) >= 11 is 2.14. The number of rotatable bonds is 7. The zero-order chi connectivity index (χ0) is 13.6. The molecule has 1 unspecified atom stereocenters. The molecule has 0 aliphatic heterocycles. The fraction of sp³-hybridized carbons (Fsp3) is 0.625. The lowest BCUT2D eigenvalue weighted by molar-refractivity contribution is 0.609. The molecule has 1 atom stereocenters.